The van der Waals surface area contributed by atoms with E-state index in [2.05, 4.69) is 15.4 Å². The van der Waals surface area contributed by atoms with Gasteiger partial charge < -0.3 is 0 Å². The van der Waals surface area contributed by atoms with E-state index in [1.165, 1.54) is 0 Å². The van der Waals surface area contributed by atoms with Gasteiger partial charge in [0.2, 0.25) is 0 Å². The third kappa shape index (κ3) is 2.17. The maximum Gasteiger partial charge on any atom is -0.0287 e. The molecule has 0 fully saturated rings. The topological polar surface area (TPSA) is 0 Å². The Labute approximate surface area is 41.1 Å². The lowest BCUT2D eigenvalue weighted by Crippen LogP contribution is -1.81. The van der Waals surface area contributed by atoms with Crippen molar-refractivity contribution >= 4 is 14.2 Å². The molecule has 0 N–H and O–H groups in total. The highest BCUT2D eigenvalue weighted by molar-refractivity contribution is 7.22. The van der Waals surface area contributed by atoms with Gasteiger partial charge in [-0.15, -0.1) is 8.86 Å². The summed E-state index contributed by atoms with van der Waals surface area (Å²) in [6.45, 7) is 7.60. The highest BCUT2D eigenvalue weighted by atomic mass is 31.0. The summed E-state index contributed by atoms with van der Waals surface area (Å²) in [4.78, 5) is 0. The molecule has 0 radical (unpaired) electrons. The lowest BCUT2D eigenvalue weighted by molar-refractivity contribution is 1.63. The maximum absolute atomic E-state index is 3.67. The van der Waals surface area contributed by atoms with Crippen molar-refractivity contribution in [1.82, 2.24) is 0 Å². The molecule has 0 heterocycles. The van der Waals surface area contributed by atoms with E-state index in [9.17, 15) is 0 Å². The average molecular weight is 100 g/mol. The molecular formula is C5H9P. The second-order valence-electron chi connectivity index (χ2n) is 1.41. The van der Waals surface area contributed by atoms with Crippen molar-refractivity contribution < 1.29 is 0 Å². The normalized spacial score (nSPS) is 7.67. The molecule has 0 aromatic heterocycles. The quantitative estimate of drug-likeness (QED) is 0.441. The monoisotopic (exact) mass is 100 g/mol. The number of allylic oxidation sites excluding steroid dienone is 1. The molecule has 0 amide bonds. The average Bonchev–Trinajstić information content (AvgIpc) is 1.36. The SMILES string of the molecule is C=C(C)C(C)=P. The number of hydrogen-bond donors (Lipinski definition) is 0. The Morgan fingerprint density at radius 1 is 1.50 bits per heavy atom. The molecule has 6 heavy (non-hydrogen) atoms. The summed E-state index contributed by atoms with van der Waals surface area (Å²) in [5.74, 6) is 0. The van der Waals surface area contributed by atoms with Crippen LogP contribution in [0.5, 0.6) is 0 Å². The van der Waals surface area contributed by atoms with Crippen molar-refractivity contribution in [1.29, 1.82) is 0 Å². The molecule has 0 rings (SSSR count). The Morgan fingerprint density at radius 2 is 1.67 bits per heavy atom. The molecule has 0 nitrogen and oxygen atoms in total. The zero-order valence-electron chi connectivity index (χ0n) is 4.21. The van der Waals surface area contributed by atoms with Crippen molar-refractivity contribution in [2.75, 3.05) is 0 Å². The Hall–Kier alpha value is -0.0900. The summed E-state index contributed by atoms with van der Waals surface area (Å²) in [5.41, 5.74) is 1.09. The van der Waals surface area contributed by atoms with Crippen LogP contribution in [0.15, 0.2) is 12.2 Å². The molecule has 1 heteroatoms. The van der Waals surface area contributed by atoms with E-state index in [0.717, 1.165) is 10.9 Å². The van der Waals surface area contributed by atoms with Crippen LogP contribution in [0.4, 0.5) is 0 Å². The first-order valence-electron chi connectivity index (χ1n) is 1.85. The van der Waals surface area contributed by atoms with Gasteiger partial charge in [0.05, 0.1) is 0 Å². The van der Waals surface area contributed by atoms with E-state index < -0.39 is 0 Å². The highest BCUT2D eigenvalue weighted by Crippen LogP contribution is 1.90. The van der Waals surface area contributed by atoms with E-state index in [-0.39, 0.29) is 0 Å². The summed E-state index contributed by atoms with van der Waals surface area (Å²) < 4.78 is 0. The van der Waals surface area contributed by atoms with Crippen LogP contribution >= 0.6 is 8.86 Å². The number of hydrogen-bond acceptors (Lipinski definition) is 0. The van der Waals surface area contributed by atoms with E-state index >= 15 is 0 Å². The van der Waals surface area contributed by atoms with Crippen molar-refractivity contribution in [2.24, 2.45) is 0 Å². The van der Waals surface area contributed by atoms with Gasteiger partial charge in [-0.3, -0.25) is 0 Å². The van der Waals surface area contributed by atoms with E-state index in [1.807, 2.05) is 13.8 Å². The van der Waals surface area contributed by atoms with Crippen LogP contribution in [0.1, 0.15) is 13.8 Å². The van der Waals surface area contributed by atoms with Gasteiger partial charge in [0.15, 0.2) is 0 Å². The fraction of sp³-hybridized carbons (Fsp3) is 0.400. The summed E-state index contributed by atoms with van der Waals surface area (Å²) in [6.07, 6.45) is 0. The van der Waals surface area contributed by atoms with E-state index in [0.29, 0.717) is 0 Å². The van der Waals surface area contributed by atoms with Crippen LogP contribution in [0.3, 0.4) is 0 Å². The van der Waals surface area contributed by atoms with Gasteiger partial charge in [-0.05, 0) is 19.1 Å². The third-order valence-corrected chi connectivity index (χ3v) is 1.07. The predicted molar refractivity (Wildman–Crippen MR) is 33.8 cm³/mol. The minimum absolute atomic E-state index is 1.09. The molecule has 0 unspecified atom stereocenters. The summed E-state index contributed by atoms with van der Waals surface area (Å²) >= 11 is 0. The first-order chi connectivity index (χ1) is 2.64. The smallest absolute Gasteiger partial charge is 0.0287 e. The molecule has 0 aliphatic rings. The van der Waals surface area contributed by atoms with Crippen LogP contribution in [-0.4, -0.2) is 5.29 Å². The molecule has 0 aliphatic heterocycles. The van der Waals surface area contributed by atoms with Gasteiger partial charge in [0.1, 0.15) is 0 Å². The molecule has 0 bridgehead atoms. The lowest BCUT2D eigenvalue weighted by atomic mass is 10.3. The van der Waals surface area contributed by atoms with Gasteiger partial charge >= 0.3 is 0 Å². The Bertz CT molecular complexity index is 69.9. The summed E-state index contributed by atoms with van der Waals surface area (Å²) in [5, 5.41) is 1.12. The zero-order chi connectivity index (χ0) is 5.15. The first kappa shape index (κ1) is 5.91. The van der Waals surface area contributed by atoms with E-state index in [1.54, 1.807) is 0 Å². The summed E-state index contributed by atoms with van der Waals surface area (Å²) in [7, 11) is 3.30. The minimum Gasteiger partial charge on any atom is -0.119 e. The number of rotatable bonds is 1. The molecule has 0 atom stereocenters. The Kier molecular flexibility index (Phi) is 2.12. The predicted octanol–water partition coefficient (Wildman–Crippen LogP) is 1.90. The van der Waals surface area contributed by atoms with Gasteiger partial charge in [-0.2, -0.15) is 0 Å². The van der Waals surface area contributed by atoms with Crippen LogP contribution in [0, 0.1) is 0 Å². The van der Waals surface area contributed by atoms with Gasteiger partial charge in [0.25, 0.3) is 0 Å². The molecule has 0 saturated heterocycles. The Balaban J connectivity index is 3.57. The fourth-order valence-corrected chi connectivity index (χ4v) is 0. The van der Waals surface area contributed by atoms with E-state index in [4.69, 9.17) is 0 Å². The van der Waals surface area contributed by atoms with Gasteiger partial charge in [0, 0.05) is 0 Å². The zero-order valence-corrected chi connectivity index (χ0v) is 5.21. The molecule has 0 aromatic rings. The largest absolute Gasteiger partial charge is 0.119 e. The van der Waals surface area contributed by atoms with Crippen LogP contribution in [0.25, 0.3) is 0 Å². The van der Waals surface area contributed by atoms with Crippen LogP contribution in [0.2, 0.25) is 0 Å². The lowest BCUT2D eigenvalue weighted by Gasteiger charge is -1.87. The molecule has 0 aliphatic carbocycles. The summed E-state index contributed by atoms with van der Waals surface area (Å²) in [6, 6.07) is 0. The molecule has 0 spiro atoms. The van der Waals surface area contributed by atoms with Crippen molar-refractivity contribution in [2.45, 2.75) is 13.8 Å². The van der Waals surface area contributed by atoms with Gasteiger partial charge in [-0.1, -0.05) is 12.2 Å². The fourth-order valence-electron chi connectivity index (χ4n) is 0. The Morgan fingerprint density at radius 3 is 1.67 bits per heavy atom. The van der Waals surface area contributed by atoms with Crippen LogP contribution in [-0.2, 0) is 0 Å². The molecule has 0 aromatic carbocycles. The second-order valence-corrected chi connectivity index (χ2v) is 2.16. The maximum atomic E-state index is 3.67. The van der Waals surface area contributed by atoms with Gasteiger partial charge in [-0.25, -0.2) is 0 Å². The van der Waals surface area contributed by atoms with Crippen molar-refractivity contribution in [3.8, 4) is 0 Å². The third-order valence-electron chi connectivity index (χ3n) is 0.640. The van der Waals surface area contributed by atoms with Crippen molar-refractivity contribution in [3.63, 3.8) is 0 Å². The van der Waals surface area contributed by atoms with Crippen LogP contribution < -0.4 is 0 Å². The molecule has 0 saturated carbocycles. The standard InChI is InChI=1S/C5H9P/c1-4(2)5(3)6/h6H,1H2,2-3H3. The minimum atomic E-state index is 1.09. The second kappa shape index (κ2) is 2.15. The molecular weight excluding hydrogens is 91.0 g/mol. The van der Waals surface area contributed by atoms with Crippen molar-refractivity contribution in [3.05, 3.63) is 12.2 Å². The molecule has 34 valence electrons. The first-order valence-corrected chi connectivity index (χ1v) is 2.35. The highest BCUT2D eigenvalue weighted by Gasteiger charge is 1.78.